The smallest absolute Gasteiger partial charge is 0.225 e. The van der Waals surface area contributed by atoms with Gasteiger partial charge >= 0.3 is 0 Å². The molecule has 8 heteroatoms. The number of benzene rings is 1. The van der Waals surface area contributed by atoms with Crippen LogP contribution in [0, 0.1) is 5.92 Å². The molecule has 1 spiro atoms. The van der Waals surface area contributed by atoms with Gasteiger partial charge in [-0.2, -0.15) is 4.31 Å². The van der Waals surface area contributed by atoms with Crippen LogP contribution < -0.4 is 0 Å². The number of hydrogen-bond acceptors (Lipinski definition) is 4. The molecule has 27 heavy (non-hydrogen) atoms. The van der Waals surface area contributed by atoms with E-state index in [0.717, 1.165) is 24.8 Å². The number of carbonyl (C=O) groups excluding carboxylic acids is 1. The fourth-order valence-corrected chi connectivity index (χ4v) is 7.38. The third-order valence-electron chi connectivity index (χ3n) is 6.55. The highest BCUT2D eigenvalue weighted by Crippen LogP contribution is 2.47. The zero-order valence-electron chi connectivity index (χ0n) is 15.0. The maximum absolute atomic E-state index is 13.2. The summed E-state index contributed by atoms with van der Waals surface area (Å²) in [6.07, 6.45) is 3.34. The fourth-order valence-electron chi connectivity index (χ4n) is 4.96. The second-order valence-corrected chi connectivity index (χ2v) is 10.9. The lowest BCUT2D eigenvalue weighted by Crippen LogP contribution is -2.57. The Morgan fingerprint density at radius 2 is 1.96 bits per heavy atom. The number of likely N-dealkylation sites (tertiary alicyclic amines) is 1. The summed E-state index contributed by atoms with van der Waals surface area (Å²) in [5.41, 5.74) is 0.113. The van der Waals surface area contributed by atoms with Crippen molar-refractivity contribution in [3.63, 3.8) is 0 Å². The van der Waals surface area contributed by atoms with Crippen LogP contribution in [-0.2, 0) is 26.1 Å². The SMILES string of the molecule is O=C(C1CCC1)N1C[C@H]2C[C@H]3[C@](C1)(CN(Cc1ccc(Cl)cc1)S3(=O)=O)O2. The highest BCUT2D eigenvalue weighted by atomic mass is 35.5. The van der Waals surface area contributed by atoms with E-state index in [1.165, 1.54) is 4.31 Å². The summed E-state index contributed by atoms with van der Waals surface area (Å²) >= 11 is 5.93. The van der Waals surface area contributed by atoms with Crippen LogP contribution in [0.4, 0.5) is 0 Å². The molecule has 146 valence electrons. The van der Waals surface area contributed by atoms with Crippen LogP contribution in [0.3, 0.4) is 0 Å². The molecule has 0 radical (unpaired) electrons. The van der Waals surface area contributed by atoms with Crippen LogP contribution in [0.15, 0.2) is 24.3 Å². The lowest BCUT2D eigenvalue weighted by Gasteiger charge is -2.42. The Bertz CT molecular complexity index is 870. The molecule has 2 bridgehead atoms. The van der Waals surface area contributed by atoms with E-state index in [1.54, 1.807) is 12.1 Å². The van der Waals surface area contributed by atoms with Crippen molar-refractivity contribution in [1.29, 1.82) is 0 Å². The highest BCUT2D eigenvalue weighted by molar-refractivity contribution is 7.90. The largest absolute Gasteiger partial charge is 0.365 e. The Kier molecular flexibility index (Phi) is 4.10. The van der Waals surface area contributed by atoms with Gasteiger partial charge in [0.25, 0.3) is 0 Å². The number of fused-ring (bicyclic) bond motifs is 1. The Morgan fingerprint density at radius 1 is 1.22 bits per heavy atom. The molecule has 1 amide bonds. The van der Waals surface area contributed by atoms with Gasteiger partial charge in [0.15, 0.2) is 0 Å². The normalized spacial score (nSPS) is 35.1. The first kappa shape index (κ1) is 17.9. The maximum atomic E-state index is 13.2. The Balaban J connectivity index is 1.39. The lowest BCUT2D eigenvalue weighted by molar-refractivity contribution is -0.157. The van der Waals surface area contributed by atoms with Crippen molar-refractivity contribution >= 4 is 27.5 Å². The Hall–Kier alpha value is -1.15. The first-order chi connectivity index (χ1) is 12.9. The molecule has 0 N–H and O–H groups in total. The van der Waals surface area contributed by atoms with Gasteiger partial charge in [0, 0.05) is 30.6 Å². The number of hydrogen-bond donors (Lipinski definition) is 0. The monoisotopic (exact) mass is 410 g/mol. The van der Waals surface area contributed by atoms with Gasteiger partial charge in [0.2, 0.25) is 15.9 Å². The van der Waals surface area contributed by atoms with Crippen molar-refractivity contribution in [3.05, 3.63) is 34.9 Å². The number of rotatable bonds is 3. The van der Waals surface area contributed by atoms with Gasteiger partial charge in [-0.3, -0.25) is 4.79 Å². The Labute approximate surface area is 164 Å². The van der Waals surface area contributed by atoms with Crippen LogP contribution in [0.2, 0.25) is 5.02 Å². The topological polar surface area (TPSA) is 66.9 Å². The molecule has 3 heterocycles. The van der Waals surface area contributed by atoms with Gasteiger partial charge in [-0.1, -0.05) is 30.2 Å². The molecule has 4 aliphatic rings. The van der Waals surface area contributed by atoms with Crippen molar-refractivity contribution in [3.8, 4) is 0 Å². The molecule has 6 nitrogen and oxygen atoms in total. The summed E-state index contributed by atoms with van der Waals surface area (Å²) in [5.74, 6) is 0.309. The summed E-state index contributed by atoms with van der Waals surface area (Å²) in [6.45, 7) is 1.54. The molecular weight excluding hydrogens is 388 g/mol. The summed E-state index contributed by atoms with van der Waals surface area (Å²) in [7, 11) is -3.46. The molecule has 1 aromatic carbocycles. The number of ether oxygens (including phenoxy) is 1. The number of amides is 1. The average molecular weight is 411 g/mol. The summed E-state index contributed by atoms with van der Waals surface area (Å²) < 4.78 is 34.1. The molecule has 3 saturated heterocycles. The second-order valence-electron chi connectivity index (χ2n) is 8.32. The van der Waals surface area contributed by atoms with E-state index < -0.39 is 20.9 Å². The van der Waals surface area contributed by atoms with Gasteiger partial charge in [-0.15, -0.1) is 0 Å². The lowest BCUT2D eigenvalue weighted by atomic mass is 9.84. The van der Waals surface area contributed by atoms with Gasteiger partial charge in [-0.25, -0.2) is 8.42 Å². The molecule has 1 aliphatic carbocycles. The number of morpholine rings is 1. The first-order valence-electron chi connectivity index (χ1n) is 9.57. The maximum Gasteiger partial charge on any atom is 0.225 e. The van der Waals surface area contributed by atoms with Crippen LogP contribution in [0.25, 0.3) is 0 Å². The van der Waals surface area contributed by atoms with Gasteiger partial charge in [0.05, 0.1) is 12.6 Å². The predicted molar refractivity (Wildman–Crippen MR) is 101 cm³/mol. The van der Waals surface area contributed by atoms with Gasteiger partial charge in [-0.05, 0) is 37.0 Å². The molecule has 3 atom stereocenters. The molecule has 1 saturated carbocycles. The minimum atomic E-state index is -3.46. The minimum absolute atomic E-state index is 0.125. The van der Waals surface area contributed by atoms with E-state index >= 15 is 0 Å². The van der Waals surface area contributed by atoms with E-state index in [9.17, 15) is 13.2 Å². The molecule has 0 unspecified atom stereocenters. The third kappa shape index (κ3) is 2.82. The zero-order valence-corrected chi connectivity index (χ0v) is 16.6. The number of halogens is 1. The minimum Gasteiger partial charge on any atom is -0.365 e. The van der Waals surface area contributed by atoms with E-state index in [1.807, 2.05) is 17.0 Å². The van der Waals surface area contributed by atoms with Gasteiger partial charge < -0.3 is 9.64 Å². The first-order valence-corrected chi connectivity index (χ1v) is 11.5. The summed E-state index contributed by atoms with van der Waals surface area (Å²) in [5, 5.41) is 0.0728. The van der Waals surface area contributed by atoms with E-state index in [2.05, 4.69) is 0 Å². The molecular formula is C19H23ClN2O4S. The van der Waals surface area contributed by atoms with Gasteiger partial charge in [0.1, 0.15) is 10.9 Å². The van der Waals surface area contributed by atoms with Crippen LogP contribution >= 0.6 is 11.6 Å². The Morgan fingerprint density at radius 3 is 2.63 bits per heavy atom. The molecule has 0 aromatic heterocycles. The molecule has 5 rings (SSSR count). The number of carbonyl (C=O) groups is 1. The summed E-state index contributed by atoms with van der Waals surface area (Å²) in [6, 6.07) is 7.23. The van der Waals surface area contributed by atoms with E-state index in [4.69, 9.17) is 16.3 Å². The summed E-state index contributed by atoms with van der Waals surface area (Å²) in [4.78, 5) is 14.6. The zero-order chi connectivity index (χ0) is 18.8. The average Bonchev–Trinajstić information content (AvgIpc) is 2.94. The van der Waals surface area contributed by atoms with Crippen molar-refractivity contribution in [1.82, 2.24) is 9.21 Å². The number of sulfonamides is 1. The molecule has 3 aliphatic heterocycles. The van der Waals surface area contributed by atoms with E-state index in [0.29, 0.717) is 37.6 Å². The highest BCUT2D eigenvalue weighted by Gasteiger charge is 2.65. The van der Waals surface area contributed by atoms with Crippen molar-refractivity contribution in [2.45, 2.75) is 49.2 Å². The van der Waals surface area contributed by atoms with Crippen LogP contribution in [0.1, 0.15) is 31.2 Å². The van der Waals surface area contributed by atoms with Crippen molar-refractivity contribution < 1.29 is 17.9 Å². The van der Waals surface area contributed by atoms with Crippen molar-refractivity contribution in [2.75, 3.05) is 19.6 Å². The van der Waals surface area contributed by atoms with E-state index in [-0.39, 0.29) is 17.9 Å². The predicted octanol–water partition coefficient (Wildman–Crippen LogP) is 2.02. The van der Waals surface area contributed by atoms with Crippen LogP contribution in [0.5, 0.6) is 0 Å². The molecule has 1 aromatic rings. The standard InChI is InChI=1S/C19H23ClN2O4S/c20-15-6-4-13(5-7-15)9-22-12-19-11-21(18(23)14-2-1-3-14)10-16(26-19)8-17(19)27(22,24)25/h4-7,14,16-17H,1-3,8-12H2/t16-,17+,19+/m1/s1. The third-order valence-corrected chi connectivity index (χ3v) is 9.12. The van der Waals surface area contributed by atoms with Crippen LogP contribution in [-0.4, -0.2) is 60.1 Å². The fraction of sp³-hybridized carbons (Fsp3) is 0.632. The number of nitrogens with zero attached hydrogens (tertiary/aromatic N) is 2. The van der Waals surface area contributed by atoms with Crippen molar-refractivity contribution in [2.24, 2.45) is 5.92 Å². The molecule has 4 fully saturated rings. The second kappa shape index (κ2) is 6.17. The quantitative estimate of drug-likeness (QED) is 0.764.